The number of hydrogen-bond acceptors (Lipinski definition) is 16. The van der Waals surface area contributed by atoms with E-state index in [-0.39, 0.29) is 69.9 Å². The second kappa shape index (κ2) is 14.9. The fourth-order valence-electron chi connectivity index (χ4n) is 8.80. The van der Waals surface area contributed by atoms with Gasteiger partial charge < -0.3 is 54.8 Å². The number of amides is 1. The molecule has 6 aliphatic rings. The first-order valence-corrected chi connectivity index (χ1v) is 19.2. The van der Waals surface area contributed by atoms with Gasteiger partial charge in [-0.2, -0.15) is 9.98 Å². The molecule has 6 N–H and O–H groups in total. The zero-order valence-electron chi connectivity index (χ0n) is 31.3. The zero-order chi connectivity index (χ0) is 41.2. The van der Waals surface area contributed by atoms with Crippen molar-refractivity contribution in [1.82, 2.24) is 0 Å². The quantitative estimate of drug-likeness (QED) is 0.166. The molecule has 2 bridgehead atoms. The number of amidine groups is 1. The normalized spacial score (nSPS) is 27.2. The fraction of sp³-hybridized carbons (Fsp3) is 0.357. The van der Waals surface area contributed by atoms with Gasteiger partial charge in [0, 0.05) is 40.3 Å². The van der Waals surface area contributed by atoms with Gasteiger partial charge in [-0.05, 0) is 49.5 Å². The number of nitrogens with two attached hydrogens (primary N) is 1. The number of ketones is 2. The minimum Gasteiger partial charge on any atom is -0.492 e. The number of benzene rings is 3. The Labute approximate surface area is 336 Å². The predicted octanol–water partition coefficient (Wildman–Crippen LogP) is 1.44. The van der Waals surface area contributed by atoms with Gasteiger partial charge in [-0.15, -0.1) is 0 Å². The maximum absolute atomic E-state index is 14.5. The van der Waals surface area contributed by atoms with Crippen LogP contribution in [0.5, 0.6) is 11.5 Å². The number of aliphatic hydroxyl groups is 4. The molecule has 3 aromatic rings. The molecule has 2 fully saturated rings. The summed E-state index contributed by atoms with van der Waals surface area (Å²) in [5.41, 5.74) is 5.93. The summed E-state index contributed by atoms with van der Waals surface area (Å²) in [5, 5.41) is 44.9. The number of aliphatic hydroxyl groups excluding tert-OH is 4. The van der Waals surface area contributed by atoms with Gasteiger partial charge in [0.05, 0.1) is 17.9 Å². The monoisotopic (exact) mass is 805 g/mol. The molecule has 1 amide bonds. The molecule has 17 heteroatoms. The SMILES string of the molecule is NC1=NC(=O)C2=NCN(c3ccccc3C3C=COC4(CCCC4)C4OC(Oc5c3cc3c(c5OCC(O)CC=O)C(=O)c5ccccc5C3=O)C(O)C(O)C4O)C2=N1. The summed E-state index contributed by atoms with van der Waals surface area (Å²) in [6.45, 7) is -0.560. The standard InChI is InChI=1S/C42H39N5O12/c43-41-45-38-29(39(55)46-41)44-19-47(38)27-10-4-3-7-22(27)21-12-16-57-42(13-5-6-14-42)37-33(53)32(52)34(54)40(59-37)58-35-25(21)17-26-28(36(35)56-18-20(49)11-15-48)31(51)24-9-2-1-8-23(24)30(26)50/h1-4,7-10,12,15-17,20-21,32-34,37,40,49,52-54H,5-6,11,13-14,18-19H2,(H2,43,46,55). The number of aldehydes is 1. The number of aliphatic imine (C=N–C) groups is 3. The van der Waals surface area contributed by atoms with Crippen LogP contribution in [0.2, 0.25) is 0 Å². The largest absolute Gasteiger partial charge is 0.492 e. The number of carbonyl (C=O) groups excluding carboxylic acids is 4. The van der Waals surface area contributed by atoms with Gasteiger partial charge in [-0.25, -0.2) is 0 Å². The molecule has 17 nitrogen and oxygen atoms in total. The summed E-state index contributed by atoms with van der Waals surface area (Å²) in [6, 6.07) is 14.8. The van der Waals surface area contributed by atoms with Crippen molar-refractivity contribution in [3.8, 4) is 11.5 Å². The first-order valence-electron chi connectivity index (χ1n) is 19.2. The number of fused-ring (bicyclic) bond motifs is 7. The number of anilines is 1. The predicted molar refractivity (Wildman–Crippen MR) is 208 cm³/mol. The van der Waals surface area contributed by atoms with Crippen LogP contribution in [0.4, 0.5) is 5.69 Å². The van der Waals surface area contributed by atoms with Crippen molar-refractivity contribution >= 4 is 47.0 Å². The average molecular weight is 806 g/mol. The second-order valence-corrected chi connectivity index (χ2v) is 15.2. The summed E-state index contributed by atoms with van der Waals surface area (Å²) in [7, 11) is 0. The van der Waals surface area contributed by atoms with E-state index < -0.39 is 72.4 Å². The number of rotatable bonds is 7. The van der Waals surface area contributed by atoms with Crippen molar-refractivity contribution in [3.63, 3.8) is 0 Å². The first kappa shape index (κ1) is 38.4. The highest BCUT2D eigenvalue weighted by molar-refractivity contribution is 6.72. The minimum absolute atomic E-state index is 0.0131. The molecule has 1 saturated carbocycles. The van der Waals surface area contributed by atoms with E-state index in [9.17, 15) is 39.6 Å². The Kier molecular flexibility index (Phi) is 9.72. The van der Waals surface area contributed by atoms with Gasteiger partial charge in [-0.3, -0.25) is 19.4 Å². The van der Waals surface area contributed by atoms with Crippen LogP contribution in [0.15, 0.2) is 81.9 Å². The van der Waals surface area contributed by atoms with Crippen LogP contribution < -0.4 is 20.1 Å². The number of para-hydroxylation sites is 1. The lowest BCUT2D eigenvalue weighted by molar-refractivity contribution is -0.304. The van der Waals surface area contributed by atoms with Crippen LogP contribution >= 0.6 is 0 Å². The van der Waals surface area contributed by atoms with Gasteiger partial charge in [-0.1, -0.05) is 42.5 Å². The number of carbonyl (C=O) groups is 4. The van der Waals surface area contributed by atoms with Gasteiger partial charge in [0.15, 0.2) is 34.6 Å². The van der Waals surface area contributed by atoms with E-state index in [1.807, 2.05) is 0 Å². The molecule has 1 spiro atoms. The topological polar surface area (TPSA) is 252 Å². The summed E-state index contributed by atoms with van der Waals surface area (Å²) >= 11 is 0. The number of guanidine groups is 1. The minimum atomic E-state index is -1.84. The van der Waals surface area contributed by atoms with E-state index in [1.54, 1.807) is 47.4 Å². The Morgan fingerprint density at radius 1 is 0.932 bits per heavy atom. The van der Waals surface area contributed by atoms with Crippen molar-refractivity contribution in [3.05, 3.63) is 100 Å². The molecule has 2 aliphatic carbocycles. The lowest BCUT2D eigenvalue weighted by Crippen LogP contribution is -2.65. The summed E-state index contributed by atoms with van der Waals surface area (Å²) in [4.78, 5) is 67.3. The molecule has 1 saturated heterocycles. The fourth-order valence-corrected chi connectivity index (χ4v) is 8.80. The third-order valence-corrected chi connectivity index (χ3v) is 11.7. The van der Waals surface area contributed by atoms with Crippen LogP contribution in [0.25, 0.3) is 0 Å². The number of allylic oxidation sites excluding steroid dienone is 1. The third-order valence-electron chi connectivity index (χ3n) is 11.7. The van der Waals surface area contributed by atoms with Crippen LogP contribution in [0, 0.1) is 0 Å². The molecule has 7 unspecified atom stereocenters. The lowest BCUT2D eigenvalue weighted by atomic mass is 9.79. The Morgan fingerprint density at radius 2 is 1.66 bits per heavy atom. The van der Waals surface area contributed by atoms with Crippen molar-refractivity contribution in [1.29, 1.82) is 0 Å². The molecule has 304 valence electrons. The molecule has 4 aliphatic heterocycles. The Balaban J connectivity index is 1.31. The van der Waals surface area contributed by atoms with Gasteiger partial charge in [0.25, 0.3) is 0 Å². The number of nitrogens with zero attached hydrogens (tertiary/aromatic N) is 4. The molecule has 7 atom stereocenters. The molecule has 4 heterocycles. The van der Waals surface area contributed by atoms with Gasteiger partial charge in [0.2, 0.25) is 12.2 Å². The lowest BCUT2D eigenvalue weighted by Gasteiger charge is -2.47. The smallest absolute Gasteiger partial charge is 0.302 e. The van der Waals surface area contributed by atoms with E-state index in [2.05, 4.69) is 15.0 Å². The van der Waals surface area contributed by atoms with E-state index in [4.69, 9.17) is 24.7 Å². The van der Waals surface area contributed by atoms with Crippen LogP contribution in [0.1, 0.15) is 81.0 Å². The number of ether oxygens (including phenoxy) is 4. The van der Waals surface area contributed by atoms with Crippen molar-refractivity contribution in [2.75, 3.05) is 18.2 Å². The van der Waals surface area contributed by atoms with Crippen molar-refractivity contribution in [2.24, 2.45) is 20.7 Å². The summed E-state index contributed by atoms with van der Waals surface area (Å²) in [5.74, 6) is -3.33. The molecule has 3 aromatic carbocycles. The van der Waals surface area contributed by atoms with Crippen molar-refractivity contribution in [2.45, 2.75) is 80.4 Å². The summed E-state index contributed by atoms with van der Waals surface area (Å²) < 4.78 is 25.8. The number of hydrogen-bond donors (Lipinski definition) is 5. The third kappa shape index (κ3) is 6.33. The molecular formula is C42H39N5O12. The van der Waals surface area contributed by atoms with Gasteiger partial charge >= 0.3 is 5.91 Å². The highest BCUT2D eigenvalue weighted by Gasteiger charge is 2.56. The molecule has 59 heavy (non-hydrogen) atoms. The second-order valence-electron chi connectivity index (χ2n) is 15.2. The highest BCUT2D eigenvalue weighted by atomic mass is 16.7. The van der Waals surface area contributed by atoms with E-state index in [0.717, 1.165) is 0 Å². The highest BCUT2D eigenvalue weighted by Crippen LogP contribution is 2.50. The first-order chi connectivity index (χ1) is 28.5. The Bertz CT molecular complexity index is 2400. The molecule has 0 radical (unpaired) electrons. The maximum Gasteiger partial charge on any atom is 0.302 e. The molecular weight excluding hydrogens is 766 g/mol. The average Bonchev–Trinajstić information content (AvgIpc) is 3.89. The van der Waals surface area contributed by atoms with Crippen LogP contribution in [-0.4, -0.2) is 117 Å². The van der Waals surface area contributed by atoms with Crippen LogP contribution in [0.3, 0.4) is 0 Å². The van der Waals surface area contributed by atoms with Gasteiger partial charge in [0.1, 0.15) is 49.6 Å². The Hall–Kier alpha value is -6.11. The van der Waals surface area contributed by atoms with E-state index >= 15 is 0 Å². The van der Waals surface area contributed by atoms with E-state index in [0.29, 0.717) is 43.2 Å². The van der Waals surface area contributed by atoms with E-state index in [1.165, 1.54) is 24.5 Å². The van der Waals surface area contributed by atoms with Crippen molar-refractivity contribution < 1.29 is 58.6 Å². The van der Waals surface area contributed by atoms with Crippen LogP contribution in [-0.2, 0) is 19.1 Å². The molecule has 9 rings (SSSR count). The maximum atomic E-state index is 14.5. The molecule has 0 aromatic heterocycles. The Morgan fingerprint density at radius 3 is 2.42 bits per heavy atom. The summed E-state index contributed by atoms with van der Waals surface area (Å²) in [6.07, 6.45) is -3.85. The zero-order valence-corrected chi connectivity index (χ0v) is 31.3.